The third-order valence-electron chi connectivity index (χ3n) is 3.44. The molecule has 24 heavy (non-hydrogen) atoms. The van der Waals surface area contributed by atoms with Crippen LogP contribution in [0, 0.1) is 17.2 Å². The van der Waals surface area contributed by atoms with Gasteiger partial charge in [0.15, 0.2) is 0 Å². The first kappa shape index (κ1) is 18.3. The Morgan fingerprint density at radius 3 is 2.83 bits per heavy atom. The highest BCUT2D eigenvalue weighted by Gasteiger charge is 2.34. The zero-order valence-corrected chi connectivity index (χ0v) is 15.2. The molecule has 2 rings (SSSR count). The Hall–Kier alpha value is -2.00. The first-order chi connectivity index (χ1) is 11.5. The van der Waals surface area contributed by atoms with E-state index < -0.39 is 0 Å². The van der Waals surface area contributed by atoms with Crippen LogP contribution >= 0.6 is 11.8 Å². The molecule has 1 aromatic carbocycles. The average molecular weight is 346 g/mol. The van der Waals surface area contributed by atoms with E-state index in [0.717, 1.165) is 10.6 Å². The molecular weight excluding hydrogens is 324 g/mol. The van der Waals surface area contributed by atoms with Gasteiger partial charge in [-0.25, -0.2) is 0 Å². The first-order valence-corrected chi connectivity index (χ1v) is 8.92. The minimum atomic E-state index is -0.331. The second-order valence-electron chi connectivity index (χ2n) is 5.99. The smallest absolute Gasteiger partial charge is 0.321 e. The van der Waals surface area contributed by atoms with Gasteiger partial charge in [0, 0.05) is 5.56 Å². The Morgan fingerprint density at radius 1 is 1.46 bits per heavy atom. The van der Waals surface area contributed by atoms with Gasteiger partial charge in [-0.05, 0) is 38.0 Å². The molecule has 0 saturated carbocycles. The van der Waals surface area contributed by atoms with Crippen molar-refractivity contribution in [3.63, 3.8) is 0 Å². The molecule has 0 N–H and O–H groups in total. The number of thioether (sulfide) groups is 1. The third kappa shape index (κ3) is 4.30. The van der Waals surface area contributed by atoms with Crippen LogP contribution in [-0.4, -0.2) is 35.5 Å². The lowest BCUT2D eigenvalue weighted by molar-refractivity contribution is -0.142. The summed E-state index contributed by atoms with van der Waals surface area (Å²) >= 11 is 1.39. The normalized spacial score (nSPS) is 19.8. The van der Waals surface area contributed by atoms with Crippen molar-refractivity contribution in [1.29, 1.82) is 5.26 Å². The van der Waals surface area contributed by atoms with Crippen molar-refractivity contribution < 1.29 is 14.3 Å². The van der Waals surface area contributed by atoms with Gasteiger partial charge in [-0.1, -0.05) is 25.6 Å². The lowest BCUT2D eigenvalue weighted by Crippen LogP contribution is -2.26. The van der Waals surface area contributed by atoms with E-state index in [1.165, 1.54) is 11.8 Å². The van der Waals surface area contributed by atoms with Crippen LogP contribution in [0.4, 0.5) is 0 Å². The Kier molecular flexibility index (Phi) is 6.27. The molecule has 0 aliphatic carbocycles. The summed E-state index contributed by atoms with van der Waals surface area (Å²) in [5.41, 5.74) is 1.30. The standard InChI is InChI=1S/C18H22N2O3S/c1-5-22-18(21)16-12(4)20-17(24-16)13-6-7-15(14(8-13)9-19)23-10-11(2)3/h6-8,11-12,16H,5,10H2,1-4H3. The summed E-state index contributed by atoms with van der Waals surface area (Å²) < 4.78 is 10.8. The third-order valence-corrected chi connectivity index (χ3v) is 4.84. The van der Waals surface area contributed by atoms with Gasteiger partial charge in [0.1, 0.15) is 17.1 Å². The summed E-state index contributed by atoms with van der Waals surface area (Å²) in [6.07, 6.45) is 0. The number of carbonyl (C=O) groups excluding carboxylic acids is 1. The van der Waals surface area contributed by atoms with Crippen molar-refractivity contribution in [2.24, 2.45) is 10.9 Å². The zero-order valence-electron chi connectivity index (χ0n) is 14.4. The van der Waals surface area contributed by atoms with E-state index in [1.807, 2.05) is 13.0 Å². The number of nitrogens with zero attached hydrogens (tertiary/aromatic N) is 2. The van der Waals surface area contributed by atoms with Gasteiger partial charge in [0.2, 0.25) is 0 Å². The summed E-state index contributed by atoms with van der Waals surface area (Å²) in [5, 5.41) is 9.79. The maximum Gasteiger partial charge on any atom is 0.321 e. The quantitative estimate of drug-likeness (QED) is 0.738. The lowest BCUT2D eigenvalue weighted by atomic mass is 10.1. The Balaban J connectivity index is 2.17. The first-order valence-electron chi connectivity index (χ1n) is 8.04. The number of esters is 1. The summed E-state index contributed by atoms with van der Waals surface area (Å²) in [5.74, 6) is 0.719. The van der Waals surface area contributed by atoms with Gasteiger partial charge >= 0.3 is 5.97 Å². The molecule has 2 atom stereocenters. The number of benzene rings is 1. The van der Waals surface area contributed by atoms with Gasteiger partial charge < -0.3 is 9.47 Å². The molecular formula is C18H22N2O3S. The largest absolute Gasteiger partial charge is 0.492 e. The molecule has 1 aromatic rings. The van der Waals surface area contributed by atoms with Gasteiger partial charge in [0.05, 0.1) is 29.9 Å². The number of aliphatic imine (C=N–C) groups is 1. The Labute approximate surface area is 147 Å². The number of carbonyl (C=O) groups is 1. The molecule has 1 aliphatic heterocycles. The number of ether oxygens (including phenoxy) is 2. The van der Waals surface area contributed by atoms with Crippen LogP contribution in [0.3, 0.4) is 0 Å². The monoisotopic (exact) mass is 346 g/mol. The molecule has 1 aliphatic rings. The number of hydrogen-bond acceptors (Lipinski definition) is 6. The molecule has 2 unspecified atom stereocenters. The van der Waals surface area contributed by atoms with Crippen LogP contribution in [0.1, 0.15) is 38.8 Å². The van der Waals surface area contributed by atoms with Gasteiger partial charge in [-0.3, -0.25) is 9.79 Å². The topological polar surface area (TPSA) is 71.7 Å². The molecule has 5 nitrogen and oxygen atoms in total. The van der Waals surface area contributed by atoms with Crippen LogP contribution in [-0.2, 0) is 9.53 Å². The molecule has 6 heteroatoms. The Morgan fingerprint density at radius 2 is 2.21 bits per heavy atom. The van der Waals surface area contributed by atoms with Crippen molar-refractivity contribution in [2.75, 3.05) is 13.2 Å². The second-order valence-corrected chi connectivity index (χ2v) is 7.12. The summed E-state index contributed by atoms with van der Waals surface area (Å²) in [6, 6.07) is 7.46. The predicted octanol–water partition coefficient (Wildman–Crippen LogP) is 3.41. The molecule has 0 amide bonds. The minimum absolute atomic E-state index is 0.147. The van der Waals surface area contributed by atoms with Gasteiger partial charge in [-0.15, -0.1) is 0 Å². The maximum absolute atomic E-state index is 12.0. The van der Waals surface area contributed by atoms with Crippen molar-refractivity contribution in [3.8, 4) is 11.8 Å². The van der Waals surface area contributed by atoms with Gasteiger partial charge in [0.25, 0.3) is 0 Å². The molecule has 0 saturated heterocycles. The molecule has 0 spiro atoms. The van der Waals surface area contributed by atoms with E-state index in [0.29, 0.717) is 30.4 Å². The molecule has 0 bridgehead atoms. The van der Waals surface area contributed by atoms with Crippen LogP contribution in [0.5, 0.6) is 5.75 Å². The van der Waals surface area contributed by atoms with E-state index in [1.54, 1.807) is 19.1 Å². The molecule has 0 aromatic heterocycles. The maximum atomic E-state index is 12.0. The number of rotatable bonds is 6. The van der Waals surface area contributed by atoms with E-state index in [2.05, 4.69) is 24.9 Å². The van der Waals surface area contributed by atoms with E-state index in [-0.39, 0.29) is 17.3 Å². The SMILES string of the molecule is CCOC(=O)C1SC(c2ccc(OCC(C)C)c(C#N)c2)=NC1C. The van der Waals surface area contributed by atoms with Crippen LogP contribution in [0.25, 0.3) is 0 Å². The van der Waals surface area contributed by atoms with E-state index in [4.69, 9.17) is 9.47 Å². The van der Waals surface area contributed by atoms with E-state index >= 15 is 0 Å². The van der Waals surface area contributed by atoms with Crippen molar-refractivity contribution in [2.45, 2.75) is 39.0 Å². The molecule has 0 radical (unpaired) electrons. The molecule has 1 heterocycles. The fraction of sp³-hybridized carbons (Fsp3) is 0.500. The fourth-order valence-corrected chi connectivity index (χ4v) is 3.40. The summed E-state index contributed by atoms with van der Waals surface area (Å²) in [6.45, 7) is 8.72. The fourth-order valence-electron chi connectivity index (χ4n) is 2.25. The van der Waals surface area contributed by atoms with Gasteiger partial charge in [-0.2, -0.15) is 5.26 Å². The van der Waals surface area contributed by atoms with Crippen LogP contribution in [0.2, 0.25) is 0 Å². The van der Waals surface area contributed by atoms with Crippen LogP contribution < -0.4 is 4.74 Å². The van der Waals surface area contributed by atoms with Crippen LogP contribution in [0.15, 0.2) is 23.2 Å². The minimum Gasteiger partial charge on any atom is -0.492 e. The summed E-state index contributed by atoms with van der Waals surface area (Å²) in [7, 11) is 0. The van der Waals surface area contributed by atoms with Crippen molar-refractivity contribution >= 4 is 22.8 Å². The number of hydrogen-bond donors (Lipinski definition) is 0. The van der Waals surface area contributed by atoms with E-state index in [9.17, 15) is 10.1 Å². The average Bonchev–Trinajstić information content (AvgIpc) is 2.94. The Bertz CT molecular complexity index is 679. The predicted molar refractivity (Wildman–Crippen MR) is 95.5 cm³/mol. The van der Waals surface area contributed by atoms with Crippen molar-refractivity contribution in [1.82, 2.24) is 0 Å². The highest BCUT2D eigenvalue weighted by atomic mass is 32.2. The molecule has 128 valence electrons. The highest BCUT2D eigenvalue weighted by Crippen LogP contribution is 2.33. The lowest BCUT2D eigenvalue weighted by Gasteiger charge is -2.12. The zero-order chi connectivity index (χ0) is 17.7. The van der Waals surface area contributed by atoms with Crippen molar-refractivity contribution in [3.05, 3.63) is 29.3 Å². The molecule has 0 fully saturated rings. The number of nitriles is 1. The second kappa shape index (κ2) is 8.20. The highest BCUT2D eigenvalue weighted by molar-refractivity contribution is 8.15. The summed E-state index contributed by atoms with van der Waals surface area (Å²) in [4.78, 5) is 16.5.